The van der Waals surface area contributed by atoms with E-state index in [-0.39, 0.29) is 66.3 Å². The molecule has 5 rings (SSSR count). The van der Waals surface area contributed by atoms with E-state index in [4.69, 9.17) is 4.74 Å². The van der Waals surface area contributed by atoms with Crippen LogP contribution in [0.4, 0.5) is 0 Å². The van der Waals surface area contributed by atoms with Crippen LogP contribution in [0.2, 0.25) is 0 Å². The maximum Gasteiger partial charge on any atom is 0.306 e. The summed E-state index contributed by atoms with van der Waals surface area (Å²) in [5, 5.41) is 14.5. The van der Waals surface area contributed by atoms with Gasteiger partial charge in [-0.25, -0.2) is 0 Å². The van der Waals surface area contributed by atoms with Crippen molar-refractivity contribution in [3.8, 4) is 0 Å². The number of ketones is 3. The summed E-state index contributed by atoms with van der Waals surface area (Å²) < 4.78 is 5.19. The van der Waals surface area contributed by atoms with E-state index in [1.165, 1.54) is 0 Å². The molecule has 40 heavy (non-hydrogen) atoms. The first kappa shape index (κ1) is 28.3. The normalized spacial score (nSPS) is 34.7. The average Bonchev–Trinajstić information content (AvgIpc) is 3.20. The first-order valence-electron chi connectivity index (χ1n) is 14.3. The van der Waals surface area contributed by atoms with Crippen molar-refractivity contribution in [2.24, 2.45) is 28.6 Å². The van der Waals surface area contributed by atoms with Gasteiger partial charge in [0, 0.05) is 49.5 Å². The molecule has 0 bridgehead atoms. The summed E-state index contributed by atoms with van der Waals surface area (Å²) in [6, 6.07) is 3.56. The van der Waals surface area contributed by atoms with Crippen molar-refractivity contribution < 1.29 is 33.8 Å². The molecule has 4 aliphatic carbocycles. The Bertz CT molecular complexity index is 1260. The highest BCUT2D eigenvalue weighted by Gasteiger charge is 2.68. The van der Waals surface area contributed by atoms with Crippen LogP contribution in [0.15, 0.2) is 36.2 Å². The second-order valence-corrected chi connectivity index (χ2v) is 12.5. The highest BCUT2D eigenvalue weighted by atomic mass is 16.5. The number of ether oxygens (including phenoxy) is 1. The smallest absolute Gasteiger partial charge is 0.306 e. The van der Waals surface area contributed by atoms with E-state index in [9.17, 15) is 29.1 Å². The van der Waals surface area contributed by atoms with Crippen molar-refractivity contribution in [3.63, 3.8) is 0 Å². The highest BCUT2D eigenvalue weighted by molar-refractivity contribution is 5.95. The Labute approximate surface area is 234 Å². The van der Waals surface area contributed by atoms with Gasteiger partial charge in [0.15, 0.2) is 12.4 Å². The van der Waals surface area contributed by atoms with E-state index in [0.29, 0.717) is 25.8 Å². The van der Waals surface area contributed by atoms with E-state index in [0.717, 1.165) is 24.0 Å². The molecular weight excluding hydrogens is 512 g/mol. The topological polar surface area (TPSA) is 140 Å². The third kappa shape index (κ3) is 4.82. The van der Waals surface area contributed by atoms with Crippen molar-refractivity contribution in [2.45, 2.75) is 83.8 Å². The standard InChI is InChI=1S/C31H38N2O7/c1-29-11-7-21(34)15-20(29)3-4-22-23-8-12-31(39,30(23,2)16-24(35)28(22)29)25(36)18-40-27(38)6-5-26(37)33-17-19-9-13-32-14-10-19/h9-10,13-15,22-23,28,39H,3-8,11-12,16-18H2,1-2H3,(H,33,37). The summed E-state index contributed by atoms with van der Waals surface area (Å²) in [6.45, 7) is 3.67. The fourth-order valence-electron chi connectivity index (χ4n) is 8.19. The van der Waals surface area contributed by atoms with Crippen LogP contribution in [0.25, 0.3) is 0 Å². The number of rotatable bonds is 8. The van der Waals surface area contributed by atoms with Crippen LogP contribution in [0, 0.1) is 28.6 Å². The van der Waals surface area contributed by atoms with Crippen LogP contribution in [-0.4, -0.2) is 51.5 Å². The molecule has 2 N–H and O–H groups in total. The van der Waals surface area contributed by atoms with Gasteiger partial charge in [-0.05, 0) is 73.1 Å². The molecule has 1 heterocycles. The molecule has 6 atom stereocenters. The van der Waals surface area contributed by atoms with Gasteiger partial charge in [0.2, 0.25) is 11.7 Å². The lowest BCUT2D eigenvalue weighted by molar-refractivity contribution is -0.173. The van der Waals surface area contributed by atoms with Gasteiger partial charge < -0.3 is 15.2 Å². The molecular formula is C31H38N2O7. The van der Waals surface area contributed by atoms with Gasteiger partial charge in [-0.3, -0.25) is 29.0 Å². The van der Waals surface area contributed by atoms with Gasteiger partial charge >= 0.3 is 5.97 Å². The number of aliphatic hydroxyl groups is 1. The predicted molar refractivity (Wildman–Crippen MR) is 143 cm³/mol. The maximum atomic E-state index is 13.7. The molecule has 9 heteroatoms. The van der Waals surface area contributed by atoms with E-state index in [1.54, 1.807) is 30.6 Å². The van der Waals surface area contributed by atoms with Crippen LogP contribution in [0.1, 0.15) is 77.2 Å². The molecule has 214 valence electrons. The average molecular weight is 551 g/mol. The minimum atomic E-state index is -1.76. The second-order valence-electron chi connectivity index (χ2n) is 12.5. The molecule has 3 fully saturated rings. The molecule has 6 unspecified atom stereocenters. The third-order valence-electron chi connectivity index (χ3n) is 10.4. The van der Waals surface area contributed by atoms with Crippen molar-refractivity contribution >= 4 is 29.2 Å². The molecule has 0 saturated heterocycles. The minimum absolute atomic E-state index is 0.0139. The number of allylic oxidation sites excluding steroid dienone is 1. The zero-order valence-electron chi connectivity index (χ0n) is 23.2. The van der Waals surface area contributed by atoms with Crippen molar-refractivity contribution in [2.75, 3.05) is 6.61 Å². The number of hydrogen-bond donors (Lipinski definition) is 2. The van der Waals surface area contributed by atoms with Crippen molar-refractivity contribution in [1.29, 1.82) is 0 Å². The lowest BCUT2D eigenvalue weighted by Gasteiger charge is -2.57. The minimum Gasteiger partial charge on any atom is -0.458 e. The molecule has 1 aromatic heterocycles. The monoisotopic (exact) mass is 550 g/mol. The Morgan fingerprint density at radius 2 is 1.82 bits per heavy atom. The SMILES string of the molecule is CC12CCC(=O)C=C1CCC1C2C(=O)CC2(C)C1CCC2(O)C(=O)COC(=O)CCC(=O)NCc1ccncc1. The predicted octanol–water partition coefficient (Wildman–Crippen LogP) is 3.03. The number of nitrogens with zero attached hydrogens (tertiary/aromatic N) is 1. The van der Waals surface area contributed by atoms with Crippen LogP contribution in [-0.2, 0) is 35.3 Å². The van der Waals surface area contributed by atoms with Crippen molar-refractivity contribution in [1.82, 2.24) is 10.3 Å². The van der Waals surface area contributed by atoms with E-state index in [2.05, 4.69) is 17.2 Å². The van der Waals surface area contributed by atoms with Crippen LogP contribution in [0.3, 0.4) is 0 Å². The number of carbonyl (C=O) groups is 5. The molecule has 0 spiro atoms. The number of amides is 1. The lowest BCUT2D eigenvalue weighted by Crippen LogP contribution is -2.61. The highest BCUT2D eigenvalue weighted by Crippen LogP contribution is 2.66. The molecule has 0 aliphatic heterocycles. The summed E-state index contributed by atoms with van der Waals surface area (Å²) in [5.41, 5.74) is -1.10. The Morgan fingerprint density at radius 1 is 1.07 bits per heavy atom. The summed E-state index contributed by atoms with van der Waals surface area (Å²) in [5.74, 6) is -1.61. The number of pyridine rings is 1. The van der Waals surface area contributed by atoms with Gasteiger partial charge in [-0.2, -0.15) is 0 Å². The zero-order valence-corrected chi connectivity index (χ0v) is 23.2. The Hall–Kier alpha value is -3.20. The van der Waals surface area contributed by atoms with Gasteiger partial charge in [0.1, 0.15) is 11.4 Å². The number of hydrogen-bond acceptors (Lipinski definition) is 8. The third-order valence-corrected chi connectivity index (χ3v) is 10.4. The number of carbonyl (C=O) groups excluding carboxylic acids is 5. The number of Topliss-reactive ketones (excluding diaryl/α,β-unsaturated/α-hetero) is 2. The Morgan fingerprint density at radius 3 is 2.58 bits per heavy atom. The molecule has 1 aromatic rings. The van der Waals surface area contributed by atoms with Crippen LogP contribution in [0.5, 0.6) is 0 Å². The van der Waals surface area contributed by atoms with Crippen molar-refractivity contribution in [3.05, 3.63) is 41.7 Å². The number of esters is 1. The first-order chi connectivity index (χ1) is 19.0. The van der Waals surface area contributed by atoms with E-state index < -0.39 is 29.4 Å². The molecule has 1 amide bonds. The maximum absolute atomic E-state index is 13.7. The van der Waals surface area contributed by atoms with Crippen LogP contribution >= 0.6 is 0 Å². The molecule has 4 aliphatic rings. The van der Waals surface area contributed by atoms with E-state index in [1.807, 2.05) is 6.92 Å². The molecule has 0 aromatic carbocycles. The summed E-state index contributed by atoms with van der Waals surface area (Å²) in [6.07, 6.45) is 8.26. The summed E-state index contributed by atoms with van der Waals surface area (Å²) in [4.78, 5) is 67.5. The Balaban J connectivity index is 1.18. The van der Waals surface area contributed by atoms with Gasteiger partial charge in [0.05, 0.1) is 6.42 Å². The Kier molecular flexibility index (Phi) is 7.54. The molecule has 0 radical (unpaired) electrons. The number of nitrogens with one attached hydrogen (secondary N) is 1. The zero-order chi connectivity index (χ0) is 28.7. The van der Waals surface area contributed by atoms with Gasteiger partial charge in [-0.15, -0.1) is 0 Å². The van der Waals surface area contributed by atoms with Gasteiger partial charge in [0.25, 0.3) is 0 Å². The number of aromatic nitrogens is 1. The van der Waals surface area contributed by atoms with E-state index >= 15 is 0 Å². The fourth-order valence-corrected chi connectivity index (χ4v) is 8.19. The largest absolute Gasteiger partial charge is 0.458 e. The molecule has 3 saturated carbocycles. The molecule has 9 nitrogen and oxygen atoms in total. The quantitative estimate of drug-likeness (QED) is 0.471. The fraction of sp³-hybridized carbons (Fsp3) is 0.613. The van der Waals surface area contributed by atoms with Gasteiger partial charge in [-0.1, -0.05) is 19.4 Å². The number of fused-ring (bicyclic) bond motifs is 5. The summed E-state index contributed by atoms with van der Waals surface area (Å²) >= 11 is 0. The van der Waals surface area contributed by atoms with Crippen LogP contribution < -0.4 is 5.32 Å². The second kappa shape index (κ2) is 10.7. The first-order valence-corrected chi connectivity index (χ1v) is 14.3. The summed E-state index contributed by atoms with van der Waals surface area (Å²) in [7, 11) is 0. The lowest BCUT2D eigenvalue weighted by atomic mass is 9.46.